The molecule has 9 nitrogen and oxygen atoms in total. The fourth-order valence-corrected chi connectivity index (χ4v) is 2.82. The van der Waals surface area contributed by atoms with Crippen LogP contribution >= 0.6 is 0 Å². The minimum absolute atomic E-state index is 0.279. The first kappa shape index (κ1) is 21.0. The molecule has 30 heavy (non-hydrogen) atoms. The molecule has 0 radical (unpaired) electrons. The van der Waals surface area contributed by atoms with E-state index in [1.165, 1.54) is 21.3 Å². The molecule has 1 heterocycles. The van der Waals surface area contributed by atoms with Crippen molar-refractivity contribution >= 4 is 5.91 Å². The standard InChI is InChI=1S/C21H23N3O6/c1-12(21-23-19(24-30-21)13-6-8-15(26-2)9-7-13)22-20(25)14-10-16(27-3)18(29-5)17(11-14)28-4/h6-12H,1-5H3,(H,22,25)/t12-/m1/s1. The third kappa shape index (κ3) is 4.29. The minimum Gasteiger partial charge on any atom is -0.497 e. The van der Waals surface area contributed by atoms with E-state index in [0.717, 1.165) is 11.3 Å². The Morgan fingerprint density at radius 2 is 1.60 bits per heavy atom. The first-order valence-electron chi connectivity index (χ1n) is 9.09. The summed E-state index contributed by atoms with van der Waals surface area (Å²) in [6, 6.07) is 9.89. The van der Waals surface area contributed by atoms with Crippen molar-refractivity contribution in [3.63, 3.8) is 0 Å². The van der Waals surface area contributed by atoms with Crippen LogP contribution in [0.1, 0.15) is 29.2 Å². The van der Waals surface area contributed by atoms with Gasteiger partial charge >= 0.3 is 0 Å². The number of hydrogen-bond acceptors (Lipinski definition) is 8. The number of ether oxygens (including phenoxy) is 4. The van der Waals surface area contributed by atoms with Crippen molar-refractivity contribution in [3.05, 3.63) is 47.9 Å². The Kier molecular flexibility index (Phi) is 6.41. The monoisotopic (exact) mass is 413 g/mol. The van der Waals surface area contributed by atoms with Gasteiger partial charge in [0, 0.05) is 11.1 Å². The number of hydrogen-bond donors (Lipinski definition) is 1. The molecule has 0 unspecified atom stereocenters. The fraction of sp³-hybridized carbons (Fsp3) is 0.286. The third-order valence-electron chi connectivity index (χ3n) is 4.43. The van der Waals surface area contributed by atoms with Crippen LogP contribution in [-0.2, 0) is 0 Å². The predicted molar refractivity (Wildman–Crippen MR) is 108 cm³/mol. The summed E-state index contributed by atoms with van der Waals surface area (Å²) >= 11 is 0. The molecule has 0 bridgehead atoms. The van der Waals surface area contributed by atoms with Crippen molar-refractivity contribution in [3.8, 4) is 34.4 Å². The van der Waals surface area contributed by atoms with Gasteiger partial charge in [0.1, 0.15) is 11.8 Å². The lowest BCUT2D eigenvalue weighted by Gasteiger charge is -2.15. The Morgan fingerprint density at radius 3 is 2.13 bits per heavy atom. The Bertz CT molecular complexity index is 991. The second kappa shape index (κ2) is 9.17. The van der Waals surface area contributed by atoms with Crippen LogP contribution < -0.4 is 24.3 Å². The summed E-state index contributed by atoms with van der Waals surface area (Å²) in [4.78, 5) is 17.1. The topological polar surface area (TPSA) is 105 Å². The predicted octanol–water partition coefficient (Wildman–Crippen LogP) is 3.26. The van der Waals surface area contributed by atoms with Gasteiger partial charge in [0.15, 0.2) is 11.5 Å². The molecule has 0 fully saturated rings. The van der Waals surface area contributed by atoms with Crippen LogP contribution in [0.4, 0.5) is 0 Å². The number of aromatic nitrogens is 2. The summed E-state index contributed by atoms with van der Waals surface area (Å²) in [5.74, 6) is 2.25. The number of carbonyl (C=O) groups excluding carboxylic acids is 1. The normalized spacial score (nSPS) is 11.5. The molecule has 3 aromatic rings. The summed E-state index contributed by atoms with van der Waals surface area (Å²) in [6.45, 7) is 1.75. The van der Waals surface area contributed by atoms with Crippen molar-refractivity contribution in [2.75, 3.05) is 28.4 Å². The average Bonchev–Trinajstić information content (AvgIpc) is 3.28. The molecule has 0 aliphatic rings. The summed E-state index contributed by atoms with van der Waals surface area (Å²) in [5, 5.41) is 6.81. The lowest BCUT2D eigenvalue weighted by Crippen LogP contribution is -2.27. The third-order valence-corrected chi connectivity index (χ3v) is 4.43. The van der Waals surface area contributed by atoms with Crippen molar-refractivity contribution in [1.82, 2.24) is 15.5 Å². The van der Waals surface area contributed by atoms with E-state index in [2.05, 4.69) is 15.5 Å². The van der Waals surface area contributed by atoms with Gasteiger partial charge in [-0.25, -0.2) is 0 Å². The lowest BCUT2D eigenvalue weighted by atomic mass is 10.1. The summed E-state index contributed by atoms with van der Waals surface area (Å²) in [7, 11) is 6.07. The molecule has 3 rings (SSSR count). The van der Waals surface area contributed by atoms with E-state index in [9.17, 15) is 4.79 Å². The van der Waals surface area contributed by atoms with E-state index in [1.807, 2.05) is 12.1 Å². The molecular formula is C21H23N3O6. The summed E-state index contributed by atoms with van der Waals surface area (Å²) in [5.41, 5.74) is 1.11. The van der Waals surface area contributed by atoms with Gasteiger partial charge in [0.05, 0.1) is 28.4 Å². The Hall–Kier alpha value is -3.75. The lowest BCUT2D eigenvalue weighted by molar-refractivity contribution is 0.0931. The van der Waals surface area contributed by atoms with E-state index >= 15 is 0 Å². The van der Waals surface area contributed by atoms with Crippen LogP contribution in [0.15, 0.2) is 40.9 Å². The SMILES string of the molecule is COc1ccc(-c2noc([C@@H](C)NC(=O)c3cc(OC)c(OC)c(OC)c3)n2)cc1. The second-order valence-electron chi connectivity index (χ2n) is 6.29. The average molecular weight is 413 g/mol. The maximum atomic E-state index is 12.7. The molecule has 1 aromatic heterocycles. The molecular weight excluding hydrogens is 390 g/mol. The van der Waals surface area contributed by atoms with Crippen molar-refractivity contribution < 1.29 is 28.3 Å². The highest BCUT2D eigenvalue weighted by Gasteiger charge is 2.21. The quantitative estimate of drug-likeness (QED) is 0.600. The second-order valence-corrected chi connectivity index (χ2v) is 6.29. The highest BCUT2D eigenvalue weighted by Crippen LogP contribution is 2.38. The van der Waals surface area contributed by atoms with Gasteiger partial charge < -0.3 is 28.8 Å². The maximum Gasteiger partial charge on any atom is 0.252 e. The largest absolute Gasteiger partial charge is 0.497 e. The zero-order valence-electron chi connectivity index (χ0n) is 17.4. The van der Waals surface area contributed by atoms with Crippen molar-refractivity contribution in [2.45, 2.75) is 13.0 Å². The van der Waals surface area contributed by atoms with Gasteiger partial charge in [-0.1, -0.05) is 5.16 Å². The Morgan fingerprint density at radius 1 is 0.967 bits per heavy atom. The van der Waals surface area contributed by atoms with E-state index in [4.69, 9.17) is 23.5 Å². The fourth-order valence-electron chi connectivity index (χ4n) is 2.82. The number of carbonyl (C=O) groups is 1. The minimum atomic E-state index is -0.518. The molecule has 1 atom stereocenters. The number of methoxy groups -OCH3 is 4. The Balaban J connectivity index is 1.77. The molecule has 0 aliphatic carbocycles. The molecule has 0 spiro atoms. The Labute approximate surface area is 173 Å². The maximum absolute atomic E-state index is 12.7. The first-order chi connectivity index (χ1) is 14.5. The number of rotatable bonds is 8. The molecule has 158 valence electrons. The van der Waals surface area contributed by atoms with Crippen LogP contribution in [0.25, 0.3) is 11.4 Å². The van der Waals surface area contributed by atoms with Crippen LogP contribution in [0.5, 0.6) is 23.0 Å². The van der Waals surface area contributed by atoms with Crippen molar-refractivity contribution in [2.24, 2.45) is 0 Å². The smallest absolute Gasteiger partial charge is 0.252 e. The molecule has 0 saturated carbocycles. The van der Waals surface area contributed by atoms with Gasteiger partial charge in [-0.15, -0.1) is 0 Å². The molecule has 1 amide bonds. The number of nitrogens with one attached hydrogen (secondary N) is 1. The van der Waals surface area contributed by atoms with Gasteiger partial charge in [0.25, 0.3) is 5.91 Å². The van der Waals surface area contributed by atoms with Crippen LogP contribution in [0.2, 0.25) is 0 Å². The zero-order chi connectivity index (χ0) is 21.7. The van der Waals surface area contributed by atoms with Gasteiger partial charge in [0.2, 0.25) is 17.5 Å². The summed E-state index contributed by atoms with van der Waals surface area (Å²) < 4.78 is 26.3. The molecule has 2 aromatic carbocycles. The van der Waals surface area contributed by atoms with Gasteiger partial charge in [-0.2, -0.15) is 4.98 Å². The van der Waals surface area contributed by atoms with Crippen LogP contribution in [-0.4, -0.2) is 44.5 Å². The number of nitrogens with zero attached hydrogens (tertiary/aromatic N) is 2. The number of amides is 1. The van der Waals surface area contributed by atoms with E-state index < -0.39 is 6.04 Å². The zero-order valence-corrected chi connectivity index (χ0v) is 17.4. The van der Waals surface area contributed by atoms with Crippen molar-refractivity contribution in [1.29, 1.82) is 0 Å². The molecule has 9 heteroatoms. The number of benzene rings is 2. The highest BCUT2D eigenvalue weighted by molar-refractivity contribution is 5.95. The van der Waals surface area contributed by atoms with E-state index in [1.54, 1.807) is 38.3 Å². The molecule has 0 aliphatic heterocycles. The van der Waals surface area contributed by atoms with Crippen LogP contribution in [0.3, 0.4) is 0 Å². The first-order valence-corrected chi connectivity index (χ1v) is 9.09. The van der Waals surface area contributed by atoms with Gasteiger partial charge in [-0.05, 0) is 43.3 Å². The molecule has 1 N–H and O–H groups in total. The summed E-state index contributed by atoms with van der Waals surface area (Å²) in [6.07, 6.45) is 0. The van der Waals surface area contributed by atoms with E-state index in [0.29, 0.717) is 28.6 Å². The van der Waals surface area contributed by atoms with Gasteiger partial charge in [-0.3, -0.25) is 4.79 Å². The van der Waals surface area contributed by atoms with Crippen LogP contribution in [0, 0.1) is 0 Å². The highest BCUT2D eigenvalue weighted by atomic mass is 16.5. The van der Waals surface area contributed by atoms with E-state index in [-0.39, 0.29) is 11.8 Å². The molecule has 0 saturated heterocycles.